The van der Waals surface area contributed by atoms with Crippen LogP contribution in [0.3, 0.4) is 0 Å². The summed E-state index contributed by atoms with van der Waals surface area (Å²) in [5.74, 6) is 0.865. The van der Waals surface area contributed by atoms with Gasteiger partial charge in [-0.15, -0.1) is 0 Å². The molecule has 2 aromatic carbocycles. The van der Waals surface area contributed by atoms with Crippen LogP contribution in [-0.4, -0.2) is 12.1 Å². The maximum atomic E-state index is 5.49. The second-order valence-corrected chi connectivity index (χ2v) is 4.58. The zero-order valence-electron chi connectivity index (χ0n) is 11.1. The number of hydrogen-bond acceptors (Lipinski definition) is 2. The number of nitrogens with zero attached hydrogens (tertiary/aromatic N) is 1. The molecule has 0 saturated heterocycles. The van der Waals surface area contributed by atoms with Crippen LogP contribution in [0.25, 0.3) is 22.0 Å². The largest absolute Gasteiger partial charge is 0.496 e. The molecule has 3 aromatic rings. The van der Waals surface area contributed by atoms with Gasteiger partial charge in [0.2, 0.25) is 0 Å². The fraction of sp³-hybridized carbons (Fsp3) is 0.118. The van der Waals surface area contributed by atoms with E-state index in [0.29, 0.717) is 0 Å². The maximum absolute atomic E-state index is 5.49. The summed E-state index contributed by atoms with van der Waals surface area (Å²) in [6.07, 6.45) is 1.84. The number of fused-ring (bicyclic) bond motifs is 1. The molecule has 0 saturated carbocycles. The number of aryl methyl sites for hydroxylation is 1. The van der Waals surface area contributed by atoms with Crippen molar-refractivity contribution < 1.29 is 4.74 Å². The lowest BCUT2D eigenvalue weighted by atomic mass is 10.0. The molecule has 0 aliphatic rings. The van der Waals surface area contributed by atoms with E-state index in [1.54, 1.807) is 7.11 Å². The summed E-state index contributed by atoms with van der Waals surface area (Å²) >= 11 is 0. The second kappa shape index (κ2) is 4.73. The predicted octanol–water partition coefficient (Wildman–Crippen LogP) is 4.22. The highest BCUT2D eigenvalue weighted by molar-refractivity contribution is 5.95. The van der Waals surface area contributed by atoms with Crippen LogP contribution in [-0.2, 0) is 0 Å². The standard InChI is InChI=1S/C17H15NO/c1-12-7-8-15(16(11-12)19-2)17-14-6-4-3-5-13(14)9-10-18-17/h3-11H,1-2H3. The molecule has 19 heavy (non-hydrogen) atoms. The van der Waals surface area contributed by atoms with E-state index in [2.05, 4.69) is 36.2 Å². The van der Waals surface area contributed by atoms with Crippen LogP contribution < -0.4 is 4.74 Å². The maximum Gasteiger partial charge on any atom is 0.128 e. The highest BCUT2D eigenvalue weighted by Crippen LogP contribution is 2.33. The van der Waals surface area contributed by atoms with Crippen LogP contribution >= 0.6 is 0 Å². The Hall–Kier alpha value is -2.35. The zero-order valence-corrected chi connectivity index (χ0v) is 11.1. The molecule has 2 heteroatoms. The van der Waals surface area contributed by atoms with Crippen LogP contribution in [0.15, 0.2) is 54.7 Å². The highest BCUT2D eigenvalue weighted by atomic mass is 16.5. The Kier molecular flexibility index (Phi) is 2.92. The fourth-order valence-electron chi connectivity index (χ4n) is 2.33. The lowest BCUT2D eigenvalue weighted by Gasteiger charge is -2.11. The Morgan fingerprint density at radius 1 is 1.00 bits per heavy atom. The summed E-state index contributed by atoms with van der Waals surface area (Å²) < 4.78 is 5.49. The smallest absolute Gasteiger partial charge is 0.128 e. The lowest BCUT2D eigenvalue weighted by molar-refractivity contribution is 0.416. The number of pyridine rings is 1. The van der Waals surface area contributed by atoms with Crippen molar-refractivity contribution in [1.82, 2.24) is 4.98 Å². The molecule has 0 atom stereocenters. The predicted molar refractivity (Wildman–Crippen MR) is 78.5 cm³/mol. The third-order valence-corrected chi connectivity index (χ3v) is 3.29. The van der Waals surface area contributed by atoms with Crippen molar-refractivity contribution in [2.24, 2.45) is 0 Å². The average molecular weight is 249 g/mol. The molecule has 2 nitrogen and oxygen atoms in total. The number of hydrogen-bond donors (Lipinski definition) is 0. The van der Waals surface area contributed by atoms with Gasteiger partial charge in [-0.05, 0) is 36.1 Å². The molecular formula is C17H15NO. The van der Waals surface area contributed by atoms with Gasteiger partial charge >= 0.3 is 0 Å². The van der Waals surface area contributed by atoms with Crippen LogP contribution in [0.4, 0.5) is 0 Å². The summed E-state index contributed by atoms with van der Waals surface area (Å²) in [5.41, 5.74) is 3.18. The van der Waals surface area contributed by atoms with E-state index in [0.717, 1.165) is 22.4 Å². The van der Waals surface area contributed by atoms with Gasteiger partial charge in [0.1, 0.15) is 5.75 Å². The molecule has 94 valence electrons. The quantitative estimate of drug-likeness (QED) is 0.678. The topological polar surface area (TPSA) is 22.1 Å². The van der Waals surface area contributed by atoms with Gasteiger partial charge in [0.25, 0.3) is 0 Å². The third kappa shape index (κ3) is 2.06. The molecule has 0 unspecified atom stereocenters. The van der Waals surface area contributed by atoms with E-state index in [9.17, 15) is 0 Å². The van der Waals surface area contributed by atoms with Crippen molar-refractivity contribution in [3.05, 3.63) is 60.3 Å². The normalized spacial score (nSPS) is 10.6. The minimum absolute atomic E-state index is 0.865. The van der Waals surface area contributed by atoms with Crippen molar-refractivity contribution >= 4 is 10.8 Å². The van der Waals surface area contributed by atoms with Gasteiger partial charge in [-0.3, -0.25) is 4.98 Å². The minimum Gasteiger partial charge on any atom is -0.496 e. The first-order valence-electron chi connectivity index (χ1n) is 6.28. The van der Waals surface area contributed by atoms with Gasteiger partial charge < -0.3 is 4.74 Å². The van der Waals surface area contributed by atoms with Crippen molar-refractivity contribution in [2.75, 3.05) is 7.11 Å². The van der Waals surface area contributed by atoms with Crippen molar-refractivity contribution in [1.29, 1.82) is 0 Å². The second-order valence-electron chi connectivity index (χ2n) is 4.58. The number of methoxy groups -OCH3 is 1. The van der Waals surface area contributed by atoms with E-state index in [4.69, 9.17) is 4.74 Å². The first-order chi connectivity index (χ1) is 9.29. The van der Waals surface area contributed by atoms with Crippen LogP contribution in [0, 0.1) is 6.92 Å². The zero-order chi connectivity index (χ0) is 13.2. The molecule has 1 aromatic heterocycles. The van der Waals surface area contributed by atoms with Gasteiger partial charge in [0.15, 0.2) is 0 Å². The van der Waals surface area contributed by atoms with Gasteiger partial charge in [-0.25, -0.2) is 0 Å². The number of rotatable bonds is 2. The van der Waals surface area contributed by atoms with Gasteiger partial charge in [0.05, 0.1) is 12.8 Å². The Labute approximate surface area is 112 Å². The summed E-state index contributed by atoms with van der Waals surface area (Å²) in [6.45, 7) is 2.06. The van der Waals surface area contributed by atoms with Gasteiger partial charge in [-0.2, -0.15) is 0 Å². The van der Waals surface area contributed by atoms with Gasteiger partial charge in [0, 0.05) is 17.1 Å². The van der Waals surface area contributed by atoms with E-state index in [-0.39, 0.29) is 0 Å². The first kappa shape index (κ1) is 11.7. The molecule has 0 amide bonds. The van der Waals surface area contributed by atoms with Crippen molar-refractivity contribution in [3.63, 3.8) is 0 Å². The fourth-order valence-corrected chi connectivity index (χ4v) is 2.33. The molecule has 0 aliphatic carbocycles. The number of aromatic nitrogens is 1. The van der Waals surface area contributed by atoms with Crippen molar-refractivity contribution in [3.8, 4) is 17.0 Å². The SMILES string of the molecule is COc1cc(C)ccc1-c1nccc2ccccc12. The van der Waals surface area contributed by atoms with Crippen molar-refractivity contribution in [2.45, 2.75) is 6.92 Å². The van der Waals surface area contributed by atoms with E-state index >= 15 is 0 Å². The molecule has 1 heterocycles. The third-order valence-electron chi connectivity index (χ3n) is 3.29. The van der Waals surface area contributed by atoms with Gasteiger partial charge in [-0.1, -0.05) is 30.3 Å². The summed E-state index contributed by atoms with van der Waals surface area (Å²) in [6, 6.07) is 16.5. The Balaban J connectivity index is 2.30. The number of benzene rings is 2. The van der Waals surface area contributed by atoms with Crippen LogP contribution in [0.1, 0.15) is 5.56 Å². The summed E-state index contributed by atoms with van der Waals surface area (Å²) in [4.78, 5) is 4.54. The van der Waals surface area contributed by atoms with E-state index in [1.807, 2.05) is 30.5 Å². The molecule has 3 rings (SSSR count). The molecular weight excluding hydrogens is 234 g/mol. The molecule has 0 bridgehead atoms. The monoisotopic (exact) mass is 249 g/mol. The van der Waals surface area contributed by atoms with Crippen LogP contribution in [0.2, 0.25) is 0 Å². The van der Waals surface area contributed by atoms with E-state index in [1.165, 1.54) is 10.9 Å². The Bertz CT molecular complexity index is 729. The molecule has 0 spiro atoms. The molecule has 0 aliphatic heterocycles. The minimum atomic E-state index is 0.865. The number of ether oxygens (including phenoxy) is 1. The van der Waals surface area contributed by atoms with Crippen LogP contribution in [0.5, 0.6) is 5.75 Å². The summed E-state index contributed by atoms with van der Waals surface area (Å²) in [7, 11) is 1.70. The Morgan fingerprint density at radius 2 is 1.84 bits per heavy atom. The summed E-state index contributed by atoms with van der Waals surface area (Å²) in [5, 5.41) is 2.34. The molecule has 0 radical (unpaired) electrons. The Morgan fingerprint density at radius 3 is 2.68 bits per heavy atom. The highest BCUT2D eigenvalue weighted by Gasteiger charge is 2.10. The molecule has 0 N–H and O–H groups in total. The average Bonchev–Trinajstić information content (AvgIpc) is 2.46. The lowest BCUT2D eigenvalue weighted by Crippen LogP contribution is -1.92. The van der Waals surface area contributed by atoms with E-state index < -0.39 is 0 Å². The molecule has 0 fully saturated rings. The first-order valence-corrected chi connectivity index (χ1v) is 6.28.